The Hall–Kier alpha value is -3.31. The van der Waals surface area contributed by atoms with Gasteiger partial charge in [-0.2, -0.15) is 0 Å². The van der Waals surface area contributed by atoms with Gasteiger partial charge in [0.2, 0.25) is 21.8 Å². The van der Waals surface area contributed by atoms with Gasteiger partial charge < -0.3 is 10.2 Å². The molecule has 2 amide bonds. The number of nitrogens with one attached hydrogen (secondary N) is 1. The molecule has 3 rings (SSSR count). The second-order valence-electron chi connectivity index (χ2n) is 7.25. The van der Waals surface area contributed by atoms with E-state index in [-0.39, 0.29) is 41.8 Å². The number of nitrogens with zero attached hydrogens (tertiary/aromatic N) is 2. The van der Waals surface area contributed by atoms with E-state index in [1.807, 2.05) is 0 Å². The van der Waals surface area contributed by atoms with Gasteiger partial charge in [0, 0.05) is 38.6 Å². The highest BCUT2D eigenvalue weighted by atomic mass is 32.2. The molecule has 0 unspecified atom stereocenters. The number of sulfonamides is 1. The zero-order valence-electron chi connectivity index (χ0n) is 16.8. The highest BCUT2D eigenvalue weighted by Gasteiger charge is 2.34. The molecule has 0 saturated carbocycles. The van der Waals surface area contributed by atoms with Gasteiger partial charge in [-0.1, -0.05) is 18.2 Å². The van der Waals surface area contributed by atoms with E-state index in [4.69, 9.17) is 5.14 Å². The Kier molecular flexibility index (Phi) is 6.37. The summed E-state index contributed by atoms with van der Waals surface area (Å²) in [5, 5.41) is 18.7. The molecule has 0 aliphatic carbocycles. The van der Waals surface area contributed by atoms with Gasteiger partial charge in [-0.25, -0.2) is 13.6 Å². The Bertz CT molecular complexity index is 1130. The summed E-state index contributed by atoms with van der Waals surface area (Å²) in [7, 11) is -2.30. The molecule has 1 aliphatic heterocycles. The molecule has 11 heteroatoms. The molecular formula is C20H22N4O6S. The van der Waals surface area contributed by atoms with Crippen LogP contribution in [0, 0.1) is 10.1 Å². The molecule has 10 nitrogen and oxygen atoms in total. The molecule has 2 aromatic carbocycles. The molecule has 3 N–H and O–H groups in total. The predicted molar refractivity (Wildman–Crippen MR) is 111 cm³/mol. The SMILES string of the molecule is CNC(=O)[C@@H]1Cc2ccc([N+](=O)[O-])cc2CN1C(=O)CCc1ccc(S(N)(=O)=O)cc1. The lowest BCUT2D eigenvalue weighted by Crippen LogP contribution is -2.52. The van der Waals surface area contributed by atoms with Crippen LogP contribution < -0.4 is 10.5 Å². The number of fused-ring (bicyclic) bond motifs is 1. The van der Waals surface area contributed by atoms with Crippen molar-refractivity contribution in [3.63, 3.8) is 0 Å². The van der Waals surface area contributed by atoms with Crippen LogP contribution in [0.5, 0.6) is 0 Å². The van der Waals surface area contributed by atoms with Crippen molar-refractivity contribution in [2.45, 2.75) is 36.7 Å². The number of nitrogens with two attached hydrogens (primary N) is 1. The van der Waals surface area contributed by atoms with Gasteiger partial charge >= 0.3 is 0 Å². The van der Waals surface area contributed by atoms with E-state index in [9.17, 15) is 28.1 Å². The van der Waals surface area contributed by atoms with Crippen LogP contribution in [0.3, 0.4) is 0 Å². The number of aryl methyl sites for hydroxylation is 1. The first kappa shape index (κ1) is 22.4. The van der Waals surface area contributed by atoms with Gasteiger partial charge in [-0.05, 0) is 35.2 Å². The molecule has 31 heavy (non-hydrogen) atoms. The van der Waals surface area contributed by atoms with E-state index >= 15 is 0 Å². The molecule has 0 fully saturated rings. The van der Waals surface area contributed by atoms with Crippen molar-refractivity contribution >= 4 is 27.5 Å². The first-order valence-corrected chi connectivity index (χ1v) is 11.0. The molecular weight excluding hydrogens is 424 g/mol. The lowest BCUT2D eigenvalue weighted by molar-refractivity contribution is -0.385. The number of hydrogen-bond acceptors (Lipinski definition) is 6. The zero-order chi connectivity index (χ0) is 22.8. The normalized spacial score (nSPS) is 15.8. The maximum Gasteiger partial charge on any atom is 0.269 e. The van der Waals surface area contributed by atoms with Gasteiger partial charge in [0.25, 0.3) is 5.69 Å². The van der Waals surface area contributed by atoms with Crippen molar-refractivity contribution in [2.75, 3.05) is 7.05 Å². The number of non-ortho nitro benzene ring substituents is 1. The minimum Gasteiger partial charge on any atom is -0.357 e. The number of benzene rings is 2. The number of carbonyl (C=O) groups is 2. The predicted octanol–water partition coefficient (Wildman–Crippen LogP) is 0.874. The number of nitro groups is 1. The number of rotatable bonds is 6. The quantitative estimate of drug-likeness (QED) is 0.496. The molecule has 1 heterocycles. The summed E-state index contributed by atoms with van der Waals surface area (Å²) < 4.78 is 22.7. The van der Waals surface area contributed by atoms with E-state index in [0.717, 1.165) is 11.1 Å². The Morgan fingerprint density at radius 1 is 1.19 bits per heavy atom. The van der Waals surface area contributed by atoms with Gasteiger partial charge in [-0.3, -0.25) is 19.7 Å². The molecule has 1 aliphatic rings. The van der Waals surface area contributed by atoms with E-state index in [1.165, 1.54) is 36.2 Å². The standard InChI is InChI=1S/C20H22N4O6S/c1-22-20(26)18-11-14-5-6-16(24(27)28)10-15(14)12-23(18)19(25)9-4-13-2-7-17(8-3-13)31(21,29)30/h2-3,5-8,10,18H,4,9,11-12H2,1H3,(H,22,26)(H2,21,29,30)/t18-/m0/s1. The largest absolute Gasteiger partial charge is 0.357 e. The van der Waals surface area contributed by atoms with Crippen molar-refractivity contribution in [3.05, 3.63) is 69.3 Å². The smallest absolute Gasteiger partial charge is 0.269 e. The molecule has 0 bridgehead atoms. The fourth-order valence-corrected chi connectivity index (χ4v) is 4.10. The molecule has 0 aromatic heterocycles. The number of hydrogen-bond donors (Lipinski definition) is 2. The Morgan fingerprint density at radius 3 is 2.45 bits per heavy atom. The zero-order valence-corrected chi connectivity index (χ0v) is 17.6. The highest BCUT2D eigenvalue weighted by molar-refractivity contribution is 7.89. The molecule has 0 radical (unpaired) electrons. The molecule has 0 spiro atoms. The van der Waals surface area contributed by atoms with Crippen LogP contribution in [-0.2, 0) is 39.0 Å². The summed E-state index contributed by atoms with van der Waals surface area (Å²) in [6, 6.07) is 9.65. The van der Waals surface area contributed by atoms with E-state index in [2.05, 4.69) is 5.32 Å². The summed E-state index contributed by atoms with van der Waals surface area (Å²) in [5.74, 6) is -0.587. The highest BCUT2D eigenvalue weighted by Crippen LogP contribution is 2.28. The van der Waals surface area contributed by atoms with Crippen molar-refractivity contribution in [1.82, 2.24) is 10.2 Å². The lowest BCUT2D eigenvalue weighted by atomic mass is 9.92. The molecule has 2 aromatic rings. The van der Waals surface area contributed by atoms with Gasteiger partial charge in [0.1, 0.15) is 6.04 Å². The fourth-order valence-electron chi connectivity index (χ4n) is 3.59. The molecule has 1 atom stereocenters. The minimum absolute atomic E-state index is 0.0171. The maximum absolute atomic E-state index is 13.0. The molecule has 164 valence electrons. The Morgan fingerprint density at radius 2 is 1.87 bits per heavy atom. The van der Waals surface area contributed by atoms with Crippen LogP contribution in [0.2, 0.25) is 0 Å². The van der Waals surface area contributed by atoms with E-state index in [0.29, 0.717) is 12.0 Å². The summed E-state index contributed by atoms with van der Waals surface area (Å²) in [4.78, 5) is 37.3. The van der Waals surface area contributed by atoms with Crippen LogP contribution in [0.25, 0.3) is 0 Å². The third-order valence-corrected chi connectivity index (χ3v) is 6.21. The number of likely N-dealkylation sites (N-methyl/N-ethyl adjacent to an activating group) is 1. The topological polar surface area (TPSA) is 153 Å². The Labute approximate surface area is 179 Å². The van der Waals surface area contributed by atoms with E-state index in [1.54, 1.807) is 18.2 Å². The fraction of sp³-hybridized carbons (Fsp3) is 0.300. The number of carbonyl (C=O) groups excluding carboxylic acids is 2. The summed E-state index contributed by atoms with van der Waals surface area (Å²) in [6.45, 7) is 0.0955. The van der Waals surface area contributed by atoms with E-state index < -0.39 is 21.0 Å². The number of primary sulfonamides is 1. The number of amides is 2. The van der Waals surface area contributed by atoms with Gasteiger partial charge in [0.15, 0.2) is 0 Å². The second kappa shape index (κ2) is 8.82. The Balaban J connectivity index is 1.78. The number of nitro benzene ring substituents is 1. The van der Waals surface area contributed by atoms with Gasteiger partial charge in [-0.15, -0.1) is 0 Å². The molecule has 0 saturated heterocycles. The average Bonchev–Trinajstić information content (AvgIpc) is 2.75. The van der Waals surface area contributed by atoms with Crippen molar-refractivity contribution in [1.29, 1.82) is 0 Å². The van der Waals surface area contributed by atoms with Crippen molar-refractivity contribution in [3.8, 4) is 0 Å². The summed E-state index contributed by atoms with van der Waals surface area (Å²) >= 11 is 0. The van der Waals surface area contributed by atoms with Crippen molar-refractivity contribution < 1.29 is 22.9 Å². The van der Waals surface area contributed by atoms with Crippen molar-refractivity contribution in [2.24, 2.45) is 5.14 Å². The first-order valence-electron chi connectivity index (χ1n) is 9.49. The second-order valence-corrected chi connectivity index (χ2v) is 8.82. The van der Waals surface area contributed by atoms with Crippen LogP contribution in [0.15, 0.2) is 47.4 Å². The minimum atomic E-state index is -3.79. The van der Waals surface area contributed by atoms with Crippen LogP contribution in [0.4, 0.5) is 5.69 Å². The monoisotopic (exact) mass is 446 g/mol. The average molecular weight is 446 g/mol. The third-order valence-electron chi connectivity index (χ3n) is 5.28. The summed E-state index contributed by atoms with van der Waals surface area (Å²) in [5.41, 5.74) is 2.10. The third kappa shape index (κ3) is 5.06. The lowest BCUT2D eigenvalue weighted by Gasteiger charge is -2.35. The first-order chi connectivity index (χ1) is 14.6. The van der Waals surface area contributed by atoms with Gasteiger partial charge in [0.05, 0.1) is 9.82 Å². The van der Waals surface area contributed by atoms with Crippen LogP contribution in [-0.4, -0.2) is 43.1 Å². The van der Waals surface area contributed by atoms with Crippen LogP contribution in [0.1, 0.15) is 23.1 Å². The maximum atomic E-state index is 13.0. The van der Waals surface area contributed by atoms with Crippen LogP contribution >= 0.6 is 0 Å². The summed E-state index contributed by atoms with van der Waals surface area (Å²) in [6.07, 6.45) is 0.691.